The predicted octanol–water partition coefficient (Wildman–Crippen LogP) is 5.17. The maximum Gasteiger partial charge on any atom is 0.196 e. The lowest BCUT2D eigenvalue weighted by Gasteiger charge is -2.20. The monoisotopic (exact) mass is 365 g/mol. The highest BCUT2D eigenvalue weighted by molar-refractivity contribution is 7.80. The fourth-order valence-electron chi connectivity index (χ4n) is 3.38. The quantitative estimate of drug-likeness (QED) is 0.325. The van der Waals surface area contributed by atoms with Gasteiger partial charge in [-0.05, 0) is 42.9 Å². The highest BCUT2D eigenvalue weighted by atomic mass is 32.2. The summed E-state index contributed by atoms with van der Waals surface area (Å²) in [5.74, 6) is 0. The molecule has 2 aromatic carbocycles. The van der Waals surface area contributed by atoms with Crippen molar-refractivity contribution >= 4 is 23.0 Å². The van der Waals surface area contributed by atoms with E-state index in [4.69, 9.17) is 5.26 Å². The summed E-state index contributed by atoms with van der Waals surface area (Å²) in [4.78, 5) is 0. The van der Waals surface area contributed by atoms with Crippen molar-refractivity contribution in [3.05, 3.63) is 59.7 Å². The van der Waals surface area contributed by atoms with Gasteiger partial charge in [0.1, 0.15) is 0 Å². The smallest absolute Gasteiger partial charge is 0.196 e. The molecule has 1 aliphatic carbocycles. The topological polar surface area (TPSA) is 67.2 Å². The average molecular weight is 365 g/mol. The van der Waals surface area contributed by atoms with Crippen LogP contribution in [0.2, 0.25) is 0 Å². The first-order valence-corrected chi connectivity index (χ1v) is 9.90. The van der Waals surface area contributed by atoms with E-state index < -0.39 is 11.3 Å². The second-order valence-electron chi connectivity index (χ2n) is 6.47. The van der Waals surface area contributed by atoms with E-state index in [0.29, 0.717) is 15.6 Å². The van der Waals surface area contributed by atoms with E-state index in [-0.39, 0.29) is 0 Å². The van der Waals surface area contributed by atoms with Crippen molar-refractivity contribution in [2.75, 3.05) is 4.31 Å². The van der Waals surface area contributed by atoms with E-state index in [1.54, 1.807) is 18.3 Å². The van der Waals surface area contributed by atoms with Gasteiger partial charge in [0.15, 0.2) is 6.19 Å². The summed E-state index contributed by atoms with van der Waals surface area (Å²) in [6.07, 6.45) is 11.5. The predicted molar refractivity (Wildman–Crippen MR) is 105 cm³/mol. The molecule has 1 atom stereocenters. The van der Waals surface area contributed by atoms with Gasteiger partial charge >= 0.3 is 0 Å². The Bertz CT molecular complexity index is 843. The maximum absolute atomic E-state index is 11.3. The van der Waals surface area contributed by atoms with Crippen molar-refractivity contribution in [1.29, 1.82) is 5.26 Å². The van der Waals surface area contributed by atoms with Crippen LogP contribution < -0.4 is 4.31 Å². The molecule has 1 aliphatic rings. The number of hydrogen-bond donors (Lipinski definition) is 0. The van der Waals surface area contributed by atoms with Crippen LogP contribution in [0.1, 0.15) is 44.1 Å². The average Bonchev–Trinajstić information content (AvgIpc) is 2.92. The Kier molecular flexibility index (Phi) is 6.21. The van der Waals surface area contributed by atoms with Crippen LogP contribution in [0.15, 0.2) is 54.1 Å². The minimum absolute atomic E-state index is 0.359. The van der Waals surface area contributed by atoms with Crippen LogP contribution in [0.4, 0.5) is 5.69 Å². The molecule has 0 heterocycles. The Labute approximate surface area is 157 Å². The Morgan fingerprint density at radius 2 is 1.65 bits per heavy atom. The van der Waals surface area contributed by atoms with Crippen LogP contribution >= 0.6 is 0 Å². The minimum Gasteiger partial charge on any atom is -0.754 e. The molecule has 1 saturated carbocycles. The summed E-state index contributed by atoms with van der Waals surface area (Å²) in [7, 11) is 0. The molecule has 1 unspecified atom stereocenters. The van der Waals surface area contributed by atoms with Gasteiger partial charge in [-0.25, -0.2) is 4.31 Å². The number of para-hydroxylation sites is 1. The molecule has 5 heteroatoms. The highest BCUT2D eigenvalue weighted by Crippen LogP contribution is 2.32. The number of allylic oxidation sites excluding steroid dienone is 1. The zero-order chi connectivity index (χ0) is 18.4. The van der Waals surface area contributed by atoms with Gasteiger partial charge in [0.25, 0.3) is 0 Å². The number of nitrogens with zero attached hydrogens (tertiary/aromatic N) is 2. The van der Waals surface area contributed by atoms with E-state index in [2.05, 4.69) is 18.2 Å². The number of benzene rings is 2. The van der Waals surface area contributed by atoms with E-state index in [0.717, 1.165) is 11.1 Å². The third-order valence-electron chi connectivity index (χ3n) is 4.70. The largest absolute Gasteiger partial charge is 0.754 e. The minimum atomic E-state index is -2.64. The van der Waals surface area contributed by atoms with Gasteiger partial charge in [0, 0.05) is 5.56 Å². The molecule has 0 aromatic heterocycles. The molecule has 4 nitrogen and oxygen atoms in total. The number of hydrogen-bond acceptors (Lipinski definition) is 3. The number of anilines is 1. The summed E-state index contributed by atoms with van der Waals surface area (Å²) in [6.45, 7) is 0. The third kappa shape index (κ3) is 4.40. The van der Waals surface area contributed by atoms with E-state index in [1.165, 1.54) is 44.1 Å². The van der Waals surface area contributed by atoms with Crippen molar-refractivity contribution in [3.63, 3.8) is 0 Å². The summed E-state index contributed by atoms with van der Waals surface area (Å²) >= 11 is -2.64. The lowest BCUT2D eigenvalue weighted by atomic mass is 10.00. The van der Waals surface area contributed by atoms with Crippen LogP contribution in [0, 0.1) is 11.5 Å². The lowest BCUT2D eigenvalue weighted by Crippen LogP contribution is -2.19. The first kappa shape index (κ1) is 18.4. The summed E-state index contributed by atoms with van der Waals surface area (Å²) < 4.78 is 23.3. The maximum atomic E-state index is 11.3. The SMILES string of the molecule is N#CN(c1ccccc1-c1ccc(C=C2CCCCCC2)cc1)S(=O)[O-]. The van der Waals surface area contributed by atoms with Gasteiger partial charge in [0.2, 0.25) is 0 Å². The van der Waals surface area contributed by atoms with Crippen molar-refractivity contribution in [3.8, 4) is 17.3 Å². The Hall–Kier alpha value is -2.42. The molecule has 0 aliphatic heterocycles. The lowest BCUT2D eigenvalue weighted by molar-refractivity contribution is 0.537. The van der Waals surface area contributed by atoms with Gasteiger partial charge < -0.3 is 4.55 Å². The Morgan fingerprint density at radius 3 is 2.27 bits per heavy atom. The van der Waals surface area contributed by atoms with E-state index in [9.17, 15) is 8.76 Å². The van der Waals surface area contributed by atoms with Gasteiger partial charge in [-0.3, -0.25) is 4.21 Å². The van der Waals surface area contributed by atoms with Gasteiger partial charge in [-0.1, -0.05) is 67.0 Å². The van der Waals surface area contributed by atoms with Gasteiger partial charge in [-0.15, -0.1) is 0 Å². The summed E-state index contributed by atoms with van der Waals surface area (Å²) in [5, 5.41) is 9.15. The Balaban J connectivity index is 1.89. The van der Waals surface area contributed by atoms with Crippen LogP contribution in [0.25, 0.3) is 17.2 Å². The molecule has 0 amide bonds. The Morgan fingerprint density at radius 1 is 1.00 bits per heavy atom. The zero-order valence-electron chi connectivity index (χ0n) is 14.6. The van der Waals surface area contributed by atoms with E-state index in [1.807, 2.05) is 24.3 Å². The van der Waals surface area contributed by atoms with Crippen LogP contribution in [0.3, 0.4) is 0 Å². The van der Waals surface area contributed by atoms with Crippen molar-refractivity contribution in [2.45, 2.75) is 38.5 Å². The molecule has 1 fully saturated rings. The second-order valence-corrected chi connectivity index (χ2v) is 7.27. The van der Waals surface area contributed by atoms with Crippen molar-refractivity contribution < 1.29 is 8.76 Å². The molecular formula is C21H21N2O2S-. The molecule has 134 valence electrons. The molecule has 0 bridgehead atoms. The molecule has 0 saturated heterocycles. The van der Waals surface area contributed by atoms with Gasteiger partial charge in [0.05, 0.1) is 17.0 Å². The fraction of sp³-hybridized carbons (Fsp3) is 0.286. The highest BCUT2D eigenvalue weighted by Gasteiger charge is 2.12. The first-order valence-electron chi connectivity index (χ1n) is 8.87. The molecular weight excluding hydrogens is 344 g/mol. The van der Waals surface area contributed by atoms with Crippen molar-refractivity contribution in [2.24, 2.45) is 0 Å². The van der Waals surface area contributed by atoms with Crippen LogP contribution in [-0.4, -0.2) is 8.76 Å². The number of nitriles is 1. The summed E-state index contributed by atoms with van der Waals surface area (Å²) in [5.41, 5.74) is 4.63. The standard InChI is InChI=1S/C21H22N2O2S/c22-16-23(26(24)25)21-10-6-5-9-20(21)19-13-11-18(12-14-19)15-17-7-3-1-2-4-8-17/h5-6,9-15H,1-4,7-8H2,(H,24,25)/p-1. The van der Waals surface area contributed by atoms with Gasteiger partial charge in [-0.2, -0.15) is 5.26 Å². The van der Waals surface area contributed by atoms with Crippen LogP contribution in [0.5, 0.6) is 0 Å². The number of rotatable bonds is 4. The molecule has 2 aromatic rings. The zero-order valence-corrected chi connectivity index (χ0v) is 15.4. The van der Waals surface area contributed by atoms with E-state index >= 15 is 0 Å². The normalized spacial score (nSPS) is 15.6. The molecule has 3 rings (SSSR count). The first-order chi connectivity index (χ1) is 12.7. The molecule has 0 spiro atoms. The third-order valence-corrected chi connectivity index (χ3v) is 5.28. The summed E-state index contributed by atoms with van der Waals surface area (Å²) in [6, 6.07) is 15.1. The molecule has 0 radical (unpaired) electrons. The van der Waals surface area contributed by atoms with Crippen LogP contribution in [-0.2, 0) is 11.3 Å². The second kappa shape index (κ2) is 8.79. The molecule has 0 N–H and O–H groups in total. The fourth-order valence-corrected chi connectivity index (χ4v) is 3.77. The molecule has 26 heavy (non-hydrogen) atoms. The van der Waals surface area contributed by atoms with Crippen molar-refractivity contribution in [1.82, 2.24) is 0 Å².